The van der Waals surface area contributed by atoms with Gasteiger partial charge in [0, 0.05) is 43.4 Å². The number of rotatable bonds is 6. The van der Waals surface area contributed by atoms with E-state index in [9.17, 15) is 9.18 Å². The average molecular weight is 403 g/mol. The van der Waals surface area contributed by atoms with Crippen molar-refractivity contribution in [1.29, 1.82) is 0 Å². The molecule has 4 rings (SSSR count). The fraction of sp³-hybridized carbons (Fsp3) is 0.167. The summed E-state index contributed by atoms with van der Waals surface area (Å²) in [7, 11) is 3.44. The van der Waals surface area contributed by atoms with E-state index in [0.29, 0.717) is 24.2 Å². The first-order chi connectivity index (χ1) is 14.5. The van der Waals surface area contributed by atoms with E-state index in [1.807, 2.05) is 43.4 Å². The van der Waals surface area contributed by atoms with E-state index in [4.69, 9.17) is 4.74 Å². The largest absolute Gasteiger partial charge is 0.497 e. The number of carbonyl (C=O) groups excluding carboxylic acids is 1. The predicted octanol–water partition coefficient (Wildman–Crippen LogP) is 4.56. The van der Waals surface area contributed by atoms with Crippen molar-refractivity contribution in [3.8, 4) is 5.75 Å². The van der Waals surface area contributed by atoms with E-state index in [2.05, 4.69) is 4.98 Å². The minimum Gasteiger partial charge on any atom is -0.497 e. The highest BCUT2D eigenvalue weighted by molar-refractivity contribution is 5.98. The second-order valence-electron chi connectivity index (χ2n) is 7.16. The summed E-state index contributed by atoms with van der Waals surface area (Å²) in [4.78, 5) is 19.4. The zero-order valence-corrected chi connectivity index (χ0v) is 16.9. The predicted molar refractivity (Wildman–Crippen MR) is 114 cm³/mol. The van der Waals surface area contributed by atoms with Crippen LogP contribution in [0.3, 0.4) is 0 Å². The summed E-state index contributed by atoms with van der Waals surface area (Å²) in [5, 5.41) is 0.701. The number of aromatic nitrogens is 2. The first-order valence-electron chi connectivity index (χ1n) is 9.61. The molecule has 6 heteroatoms. The second kappa shape index (κ2) is 8.37. The lowest BCUT2D eigenvalue weighted by Gasteiger charge is -2.23. The maximum Gasteiger partial charge on any atom is 0.271 e. The maximum absolute atomic E-state index is 13.7. The lowest BCUT2D eigenvalue weighted by atomic mass is 10.1. The number of carbonyl (C=O) groups is 1. The van der Waals surface area contributed by atoms with Gasteiger partial charge in [-0.1, -0.05) is 18.2 Å². The van der Waals surface area contributed by atoms with Crippen LogP contribution in [-0.2, 0) is 20.1 Å². The van der Waals surface area contributed by atoms with Gasteiger partial charge in [-0.2, -0.15) is 0 Å². The fourth-order valence-electron chi connectivity index (χ4n) is 3.55. The number of methoxy groups -OCH3 is 1. The third kappa shape index (κ3) is 4.03. The van der Waals surface area contributed by atoms with Gasteiger partial charge in [-0.25, -0.2) is 4.39 Å². The Balaban J connectivity index is 1.68. The van der Waals surface area contributed by atoms with Gasteiger partial charge < -0.3 is 14.2 Å². The quantitative estimate of drug-likeness (QED) is 0.474. The Hall–Kier alpha value is -3.67. The molecule has 0 fully saturated rings. The van der Waals surface area contributed by atoms with Crippen LogP contribution in [0.2, 0.25) is 0 Å². The summed E-state index contributed by atoms with van der Waals surface area (Å²) in [5.41, 5.74) is 3.24. The molecule has 30 heavy (non-hydrogen) atoms. The Kier molecular flexibility index (Phi) is 5.48. The standard InChI is InChI=1S/C24H22FN3O2/c1-27-22-10-7-20(25)12-19(22)13-23(27)24(29)28(16-18-4-3-11-26-14-18)15-17-5-8-21(30-2)9-6-17/h3-14H,15-16H2,1-2H3. The van der Waals surface area contributed by atoms with Gasteiger partial charge >= 0.3 is 0 Å². The molecule has 0 bridgehead atoms. The maximum atomic E-state index is 13.7. The molecule has 152 valence electrons. The van der Waals surface area contributed by atoms with Crippen LogP contribution in [0.15, 0.2) is 73.1 Å². The number of hydrogen-bond acceptors (Lipinski definition) is 3. The summed E-state index contributed by atoms with van der Waals surface area (Å²) >= 11 is 0. The summed E-state index contributed by atoms with van der Waals surface area (Å²) in [6, 6.07) is 17.7. The number of halogens is 1. The molecule has 5 nitrogen and oxygen atoms in total. The van der Waals surface area contributed by atoms with Gasteiger partial charge in [0.25, 0.3) is 5.91 Å². The molecule has 0 atom stereocenters. The van der Waals surface area contributed by atoms with Crippen molar-refractivity contribution in [2.45, 2.75) is 13.1 Å². The molecule has 0 radical (unpaired) electrons. The molecule has 2 aromatic heterocycles. The molecule has 0 aliphatic rings. The highest BCUT2D eigenvalue weighted by Crippen LogP contribution is 2.23. The normalized spacial score (nSPS) is 10.9. The van der Waals surface area contributed by atoms with Gasteiger partial charge in [-0.15, -0.1) is 0 Å². The van der Waals surface area contributed by atoms with Crippen LogP contribution < -0.4 is 4.74 Å². The second-order valence-corrected chi connectivity index (χ2v) is 7.16. The monoisotopic (exact) mass is 403 g/mol. The van der Waals surface area contributed by atoms with Crippen molar-refractivity contribution in [2.24, 2.45) is 7.05 Å². The lowest BCUT2D eigenvalue weighted by molar-refractivity contribution is 0.0720. The summed E-state index contributed by atoms with van der Waals surface area (Å²) in [6.07, 6.45) is 3.46. The van der Waals surface area contributed by atoms with Crippen molar-refractivity contribution >= 4 is 16.8 Å². The van der Waals surface area contributed by atoms with Gasteiger partial charge in [0.2, 0.25) is 0 Å². The van der Waals surface area contributed by atoms with E-state index in [1.54, 1.807) is 41.1 Å². The van der Waals surface area contributed by atoms with Gasteiger partial charge in [0.15, 0.2) is 0 Å². The van der Waals surface area contributed by atoms with Crippen LogP contribution >= 0.6 is 0 Å². The molecule has 1 amide bonds. The Morgan fingerprint density at radius 3 is 2.53 bits per heavy atom. The Morgan fingerprint density at radius 2 is 1.83 bits per heavy atom. The number of ether oxygens (including phenoxy) is 1. The van der Waals surface area contributed by atoms with Crippen LogP contribution in [0.5, 0.6) is 5.75 Å². The van der Waals surface area contributed by atoms with Crippen LogP contribution in [0.4, 0.5) is 4.39 Å². The van der Waals surface area contributed by atoms with E-state index >= 15 is 0 Å². The molecule has 2 heterocycles. The molecule has 0 saturated carbocycles. The van der Waals surface area contributed by atoms with E-state index in [0.717, 1.165) is 22.4 Å². The summed E-state index contributed by atoms with van der Waals surface area (Å²) in [5.74, 6) is 0.311. The molecular formula is C24H22FN3O2. The number of nitrogens with zero attached hydrogens (tertiary/aromatic N) is 3. The minimum atomic E-state index is -0.322. The van der Waals surface area contributed by atoms with E-state index < -0.39 is 0 Å². The smallest absolute Gasteiger partial charge is 0.271 e. The third-order valence-corrected chi connectivity index (χ3v) is 5.14. The number of pyridine rings is 1. The molecule has 4 aromatic rings. The Labute approximate surface area is 174 Å². The van der Waals surface area contributed by atoms with E-state index in [-0.39, 0.29) is 11.7 Å². The van der Waals surface area contributed by atoms with Crippen molar-refractivity contribution in [3.05, 3.63) is 95.7 Å². The van der Waals surface area contributed by atoms with Crippen molar-refractivity contribution < 1.29 is 13.9 Å². The minimum absolute atomic E-state index is 0.131. The van der Waals surface area contributed by atoms with Crippen LogP contribution in [0.1, 0.15) is 21.6 Å². The highest BCUT2D eigenvalue weighted by Gasteiger charge is 2.21. The van der Waals surface area contributed by atoms with E-state index in [1.165, 1.54) is 12.1 Å². The van der Waals surface area contributed by atoms with Gasteiger partial charge in [-0.3, -0.25) is 9.78 Å². The number of fused-ring (bicyclic) bond motifs is 1. The molecule has 2 aromatic carbocycles. The zero-order valence-electron chi connectivity index (χ0n) is 16.9. The molecule has 0 spiro atoms. The molecule has 0 saturated heterocycles. The molecular weight excluding hydrogens is 381 g/mol. The first-order valence-corrected chi connectivity index (χ1v) is 9.61. The Morgan fingerprint density at radius 1 is 1.07 bits per heavy atom. The summed E-state index contributed by atoms with van der Waals surface area (Å²) < 4.78 is 20.7. The first kappa shape index (κ1) is 19.6. The number of amides is 1. The Bertz CT molecular complexity index is 1170. The number of hydrogen-bond donors (Lipinski definition) is 0. The number of aryl methyl sites for hydroxylation is 1. The average Bonchev–Trinajstić information content (AvgIpc) is 3.09. The van der Waals surface area contributed by atoms with Crippen LogP contribution in [0.25, 0.3) is 10.9 Å². The van der Waals surface area contributed by atoms with Gasteiger partial charge in [0.05, 0.1) is 7.11 Å². The molecule has 0 unspecified atom stereocenters. The van der Waals surface area contributed by atoms with Crippen molar-refractivity contribution in [3.63, 3.8) is 0 Å². The SMILES string of the molecule is COc1ccc(CN(Cc2cccnc2)C(=O)c2cc3cc(F)ccc3n2C)cc1. The fourth-order valence-corrected chi connectivity index (χ4v) is 3.55. The van der Waals surface area contributed by atoms with Crippen molar-refractivity contribution in [1.82, 2.24) is 14.5 Å². The van der Waals surface area contributed by atoms with Gasteiger partial charge in [-0.05, 0) is 53.6 Å². The number of benzene rings is 2. The summed E-state index contributed by atoms with van der Waals surface area (Å²) in [6.45, 7) is 0.836. The lowest BCUT2D eigenvalue weighted by Crippen LogP contribution is -2.31. The zero-order chi connectivity index (χ0) is 21.1. The topological polar surface area (TPSA) is 47.4 Å². The van der Waals surface area contributed by atoms with Crippen LogP contribution in [0, 0.1) is 5.82 Å². The van der Waals surface area contributed by atoms with Gasteiger partial charge in [0.1, 0.15) is 17.3 Å². The third-order valence-electron chi connectivity index (χ3n) is 5.14. The van der Waals surface area contributed by atoms with Crippen LogP contribution in [-0.4, -0.2) is 27.5 Å². The molecule has 0 aliphatic carbocycles. The van der Waals surface area contributed by atoms with Crippen molar-refractivity contribution in [2.75, 3.05) is 7.11 Å². The molecule has 0 aliphatic heterocycles. The molecule has 0 N–H and O–H groups in total. The highest BCUT2D eigenvalue weighted by atomic mass is 19.1.